The molecule has 1 rings (SSSR count). The molecule has 0 radical (unpaired) electrons. The Kier molecular flexibility index (Phi) is 3.76. The standard InChI is InChI=1S/C8H12F3NO4/c1-3-6(4(13)2-5(14)16-3)12-7(15)8(9,10)11/h3-6,13-14H,2H2,1H3,(H,12,15)/t3-,4-,5+,6+/m1/s1. The van der Waals surface area contributed by atoms with E-state index in [9.17, 15) is 23.1 Å². The van der Waals surface area contributed by atoms with Crippen LogP contribution in [0.1, 0.15) is 13.3 Å². The summed E-state index contributed by atoms with van der Waals surface area (Å²) >= 11 is 0. The predicted octanol–water partition coefficient (Wildman–Crippen LogP) is -0.478. The van der Waals surface area contributed by atoms with Gasteiger partial charge in [-0.05, 0) is 6.92 Å². The minimum Gasteiger partial charge on any atom is -0.391 e. The summed E-state index contributed by atoms with van der Waals surface area (Å²) in [5, 5.41) is 20.1. The van der Waals surface area contributed by atoms with E-state index in [1.54, 1.807) is 5.32 Å². The molecule has 0 unspecified atom stereocenters. The van der Waals surface area contributed by atoms with Gasteiger partial charge < -0.3 is 20.3 Å². The molecule has 1 amide bonds. The maximum atomic E-state index is 12.0. The predicted molar refractivity (Wildman–Crippen MR) is 45.2 cm³/mol. The Labute approximate surface area is 89.2 Å². The molecule has 5 nitrogen and oxygen atoms in total. The molecule has 1 saturated heterocycles. The Balaban J connectivity index is 2.63. The molecule has 8 heteroatoms. The molecule has 3 N–H and O–H groups in total. The number of nitrogens with one attached hydrogen (secondary N) is 1. The van der Waals surface area contributed by atoms with Crippen LogP contribution in [0.3, 0.4) is 0 Å². The summed E-state index contributed by atoms with van der Waals surface area (Å²) in [5.41, 5.74) is 0. The number of carbonyl (C=O) groups excluding carboxylic acids is 1. The van der Waals surface area contributed by atoms with Gasteiger partial charge in [-0.1, -0.05) is 0 Å². The van der Waals surface area contributed by atoms with Gasteiger partial charge in [-0.2, -0.15) is 13.2 Å². The van der Waals surface area contributed by atoms with Crippen LogP contribution in [0.15, 0.2) is 0 Å². The smallest absolute Gasteiger partial charge is 0.391 e. The van der Waals surface area contributed by atoms with Crippen LogP contribution in [0, 0.1) is 0 Å². The van der Waals surface area contributed by atoms with Gasteiger partial charge in [0.15, 0.2) is 6.29 Å². The summed E-state index contributed by atoms with van der Waals surface area (Å²) < 4.78 is 40.6. The van der Waals surface area contributed by atoms with Gasteiger partial charge in [0.05, 0.1) is 18.2 Å². The van der Waals surface area contributed by atoms with Crippen molar-refractivity contribution in [3.8, 4) is 0 Å². The number of rotatable bonds is 1. The number of amides is 1. The maximum absolute atomic E-state index is 12.0. The van der Waals surface area contributed by atoms with Gasteiger partial charge in [0.25, 0.3) is 0 Å². The molecule has 16 heavy (non-hydrogen) atoms. The molecule has 0 aromatic carbocycles. The van der Waals surface area contributed by atoms with E-state index in [1.165, 1.54) is 6.92 Å². The SMILES string of the molecule is C[C@H]1O[C@H](O)C[C@@H](O)[C@H]1NC(=O)C(F)(F)F. The van der Waals surface area contributed by atoms with E-state index < -0.39 is 36.6 Å². The zero-order chi connectivity index (χ0) is 12.5. The van der Waals surface area contributed by atoms with Crippen LogP contribution in [0.25, 0.3) is 0 Å². The third kappa shape index (κ3) is 3.06. The molecule has 0 spiro atoms. The first-order chi connectivity index (χ1) is 7.21. The number of carbonyl (C=O) groups is 1. The van der Waals surface area contributed by atoms with Crippen molar-refractivity contribution in [3.63, 3.8) is 0 Å². The number of alkyl halides is 3. The number of aliphatic hydroxyl groups is 2. The van der Waals surface area contributed by atoms with Crippen molar-refractivity contribution >= 4 is 5.91 Å². The van der Waals surface area contributed by atoms with E-state index in [0.29, 0.717) is 0 Å². The molecule has 1 heterocycles. The van der Waals surface area contributed by atoms with E-state index in [4.69, 9.17) is 9.84 Å². The lowest BCUT2D eigenvalue weighted by Gasteiger charge is -2.36. The van der Waals surface area contributed by atoms with E-state index in [0.717, 1.165) is 0 Å². The van der Waals surface area contributed by atoms with Gasteiger partial charge >= 0.3 is 12.1 Å². The number of aliphatic hydroxyl groups excluding tert-OH is 2. The molecular formula is C8H12F3NO4. The fraction of sp³-hybridized carbons (Fsp3) is 0.875. The number of hydrogen-bond acceptors (Lipinski definition) is 4. The van der Waals surface area contributed by atoms with Gasteiger partial charge in [-0.3, -0.25) is 4.79 Å². The second-order valence-electron chi connectivity index (χ2n) is 3.60. The highest BCUT2D eigenvalue weighted by Gasteiger charge is 2.43. The van der Waals surface area contributed by atoms with Crippen LogP contribution >= 0.6 is 0 Å². The first kappa shape index (κ1) is 13.2. The average molecular weight is 243 g/mol. The number of halogens is 3. The lowest BCUT2D eigenvalue weighted by molar-refractivity contribution is -0.204. The van der Waals surface area contributed by atoms with Gasteiger partial charge in [0.1, 0.15) is 0 Å². The van der Waals surface area contributed by atoms with Crippen LogP contribution in [-0.4, -0.2) is 46.8 Å². The first-order valence-corrected chi connectivity index (χ1v) is 4.61. The summed E-state index contributed by atoms with van der Waals surface area (Å²) in [6, 6.07) is -1.18. The quantitative estimate of drug-likeness (QED) is 0.581. The molecule has 0 bridgehead atoms. The van der Waals surface area contributed by atoms with Crippen molar-refractivity contribution in [2.75, 3.05) is 0 Å². The van der Waals surface area contributed by atoms with E-state index in [1.807, 2.05) is 0 Å². The van der Waals surface area contributed by atoms with Gasteiger partial charge in [0, 0.05) is 6.42 Å². The minimum absolute atomic E-state index is 0.243. The van der Waals surface area contributed by atoms with Crippen molar-refractivity contribution < 1.29 is 32.9 Å². The highest BCUT2D eigenvalue weighted by Crippen LogP contribution is 2.21. The third-order valence-corrected chi connectivity index (χ3v) is 2.29. The van der Waals surface area contributed by atoms with E-state index in [-0.39, 0.29) is 6.42 Å². The third-order valence-electron chi connectivity index (χ3n) is 2.29. The number of hydrogen-bond donors (Lipinski definition) is 3. The molecule has 0 aromatic heterocycles. The molecule has 0 aliphatic carbocycles. The Morgan fingerprint density at radius 1 is 1.44 bits per heavy atom. The Hall–Kier alpha value is -0.860. The number of ether oxygens (including phenoxy) is 1. The fourth-order valence-corrected chi connectivity index (χ4v) is 1.50. The Morgan fingerprint density at radius 3 is 2.44 bits per heavy atom. The Morgan fingerprint density at radius 2 is 2.00 bits per heavy atom. The molecule has 1 aliphatic rings. The molecule has 4 atom stereocenters. The lowest BCUT2D eigenvalue weighted by atomic mass is 9.99. The summed E-state index contributed by atoms with van der Waals surface area (Å²) in [6.45, 7) is 1.35. The van der Waals surface area contributed by atoms with Gasteiger partial charge in [-0.15, -0.1) is 0 Å². The van der Waals surface area contributed by atoms with E-state index in [2.05, 4.69) is 0 Å². The minimum atomic E-state index is -5.00. The summed E-state index contributed by atoms with van der Waals surface area (Å²) in [6.07, 6.45) is -8.65. The average Bonchev–Trinajstić information content (AvgIpc) is 2.08. The maximum Gasteiger partial charge on any atom is 0.471 e. The topological polar surface area (TPSA) is 78.8 Å². The molecular weight excluding hydrogens is 231 g/mol. The first-order valence-electron chi connectivity index (χ1n) is 4.61. The van der Waals surface area contributed by atoms with E-state index >= 15 is 0 Å². The van der Waals surface area contributed by atoms with Gasteiger partial charge in [-0.25, -0.2) is 0 Å². The zero-order valence-electron chi connectivity index (χ0n) is 8.36. The zero-order valence-corrected chi connectivity index (χ0v) is 8.36. The summed E-state index contributed by atoms with van der Waals surface area (Å²) in [7, 11) is 0. The largest absolute Gasteiger partial charge is 0.471 e. The van der Waals surface area contributed by atoms with Crippen LogP contribution < -0.4 is 5.32 Å². The second kappa shape index (κ2) is 4.56. The van der Waals surface area contributed by atoms with Crippen molar-refractivity contribution in [1.82, 2.24) is 5.32 Å². The Bertz CT molecular complexity index is 258. The monoisotopic (exact) mass is 243 g/mol. The summed E-state index contributed by atoms with van der Waals surface area (Å²) in [5.74, 6) is -2.14. The van der Waals surface area contributed by atoms with Crippen LogP contribution in [0.5, 0.6) is 0 Å². The molecule has 94 valence electrons. The highest BCUT2D eigenvalue weighted by atomic mass is 19.4. The van der Waals surface area contributed by atoms with Gasteiger partial charge in [0.2, 0.25) is 0 Å². The summed E-state index contributed by atoms with van der Waals surface area (Å²) in [4.78, 5) is 10.6. The van der Waals surface area contributed by atoms with Crippen LogP contribution in [-0.2, 0) is 9.53 Å². The highest BCUT2D eigenvalue weighted by molar-refractivity contribution is 5.82. The molecule has 0 saturated carbocycles. The molecule has 1 aliphatic heterocycles. The fourth-order valence-electron chi connectivity index (χ4n) is 1.50. The second-order valence-corrected chi connectivity index (χ2v) is 3.60. The van der Waals surface area contributed by atoms with Crippen molar-refractivity contribution in [2.24, 2.45) is 0 Å². The van der Waals surface area contributed by atoms with Crippen LogP contribution in [0.4, 0.5) is 13.2 Å². The lowest BCUT2D eigenvalue weighted by Crippen LogP contribution is -2.58. The molecule has 0 aromatic rings. The van der Waals surface area contributed by atoms with Crippen LogP contribution in [0.2, 0.25) is 0 Å². The van der Waals surface area contributed by atoms with Crippen molar-refractivity contribution in [3.05, 3.63) is 0 Å². The normalized spacial score (nSPS) is 35.9. The van der Waals surface area contributed by atoms with Crippen molar-refractivity contribution in [2.45, 2.75) is 44.1 Å². The van der Waals surface area contributed by atoms with Crippen molar-refractivity contribution in [1.29, 1.82) is 0 Å². The molecule has 1 fully saturated rings.